The fourth-order valence-electron chi connectivity index (χ4n) is 5.56. The van der Waals surface area contributed by atoms with E-state index in [-0.39, 0.29) is 17.7 Å². The summed E-state index contributed by atoms with van der Waals surface area (Å²) in [6.45, 7) is 6.85. The van der Waals surface area contributed by atoms with E-state index in [2.05, 4.69) is 16.0 Å². The van der Waals surface area contributed by atoms with E-state index in [0.717, 1.165) is 64.8 Å². The molecule has 3 N–H and O–H groups in total. The molecule has 2 aliphatic rings. The van der Waals surface area contributed by atoms with Crippen LogP contribution >= 0.6 is 0 Å². The minimum atomic E-state index is 0.0419. The molecule has 240 valence electrons. The topological polar surface area (TPSA) is 107 Å². The van der Waals surface area contributed by atoms with E-state index in [1.54, 1.807) is 0 Å². The first kappa shape index (κ1) is 35.9. The number of rotatable bonds is 26. The van der Waals surface area contributed by atoms with Gasteiger partial charge in [0.1, 0.15) is 0 Å². The monoisotopic (exact) mass is 583 g/mol. The molecule has 0 aromatic carbocycles. The van der Waals surface area contributed by atoms with Gasteiger partial charge in [0.15, 0.2) is 0 Å². The number of hydrogen-bond acceptors (Lipinski definition) is 7. The lowest BCUT2D eigenvalue weighted by Crippen LogP contribution is -2.31. The third kappa shape index (κ3) is 21.1. The number of ether oxygens (including phenoxy) is 4. The van der Waals surface area contributed by atoms with Crippen molar-refractivity contribution in [2.45, 2.75) is 115 Å². The maximum Gasteiger partial charge on any atom is 0.223 e. The molecule has 0 unspecified atom stereocenters. The van der Waals surface area contributed by atoms with Crippen LogP contribution in [0.15, 0.2) is 0 Å². The molecular weight excluding hydrogens is 522 g/mol. The van der Waals surface area contributed by atoms with Gasteiger partial charge in [0.25, 0.3) is 0 Å². The minimum Gasteiger partial charge on any atom is -0.379 e. The number of amides is 2. The third-order valence-corrected chi connectivity index (χ3v) is 8.07. The highest BCUT2D eigenvalue weighted by Crippen LogP contribution is 2.22. The summed E-state index contributed by atoms with van der Waals surface area (Å²) in [4.78, 5) is 24.2. The zero-order chi connectivity index (χ0) is 29.1. The van der Waals surface area contributed by atoms with Crippen LogP contribution in [0, 0.1) is 5.92 Å². The lowest BCUT2D eigenvalue weighted by atomic mass is 9.99. The van der Waals surface area contributed by atoms with Crippen molar-refractivity contribution in [3.05, 3.63) is 0 Å². The van der Waals surface area contributed by atoms with Gasteiger partial charge in [-0.15, -0.1) is 0 Å². The van der Waals surface area contributed by atoms with Crippen molar-refractivity contribution in [1.29, 1.82) is 0 Å². The summed E-state index contributed by atoms with van der Waals surface area (Å²) in [7, 11) is 0. The minimum absolute atomic E-state index is 0.0419. The first-order valence-electron chi connectivity index (χ1n) is 16.8. The molecule has 0 bridgehead atoms. The second-order valence-electron chi connectivity index (χ2n) is 11.6. The summed E-state index contributed by atoms with van der Waals surface area (Å²) in [6, 6.07) is 0.693. The molecule has 41 heavy (non-hydrogen) atoms. The molecule has 0 atom stereocenters. The number of carbonyl (C=O) groups is 2. The largest absolute Gasteiger partial charge is 0.379 e. The van der Waals surface area contributed by atoms with Gasteiger partial charge in [-0.25, -0.2) is 0 Å². The summed E-state index contributed by atoms with van der Waals surface area (Å²) in [5.74, 6) is 0.566. The highest BCUT2D eigenvalue weighted by atomic mass is 16.6. The van der Waals surface area contributed by atoms with Crippen LogP contribution in [0.3, 0.4) is 0 Å². The van der Waals surface area contributed by atoms with Crippen LogP contribution in [0.4, 0.5) is 0 Å². The van der Waals surface area contributed by atoms with Gasteiger partial charge in [0.05, 0.1) is 52.9 Å². The lowest BCUT2D eigenvalue weighted by molar-refractivity contribution is -0.125. The lowest BCUT2D eigenvalue weighted by Gasteiger charge is -2.14. The summed E-state index contributed by atoms with van der Waals surface area (Å²) < 4.78 is 22.1. The Balaban J connectivity index is 1.21. The van der Waals surface area contributed by atoms with Crippen molar-refractivity contribution in [2.75, 3.05) is 72.5 Å². The number of unbranched alkanes of at least 4 members (excludes halogenated alkanes) is 5. The second-order valence-corrected chi connectivity index (χ2v) is 11.6. The van der Waals surface area contributed by atoms with Crippen LogP contribution in [-0.2, 0) is 28.5 Å². The smallest absolute Gasteiger partial charge is 0.223 e. The zero-order valence-corrected chi connectivity index (χ0v) is 25.9. The first-order chi connectivity index (χ1) is 20.3. The van der Waals surface area contributed by atoms with Crippen LogP contribution < -0.4 is 16.0 Å². The average Bonchev–Trinajstić information content (AvgIpc) is 3.35. The van der Waals surface area contributed by atoms with Crippen molar-refractivity contribution in [2.24, 2.45) is 5.92 Å². The van der Waals surface area contributed by atoms with Crippen molar-refractivity contribution in [3.63, 3.8) is 0 Å². The molecule has 0 saturated heterocycles. The molecule has 2 amide bonds. The Bertz CT molecular complexity index is 625. The summed E-state index contributed by atoms with van der Waals surface area (Å²) in [6.07, 6.45) is 19.5. The zero-order valence-electron chi connectivity index (χ0n) is 25.9. The fourth-order valence-corrected chi connectivity index (χ4v) is 5.56. The molecule has 0 radical (unpaired) electrons. The molecule has 2 rings (SSSR count). The van der Waals surface area contributed by atoms with E-state index in [0.29, 0.717) is 58.7 Å². The van der Waals surface area contributed by atoms with Crippen molar-refractivity contribution in [3.8, 4) is 0 Å². The normalized spacial score (nSPS) is 16.6. The third-order valence-electron chi connectivity index (χ3n) is 8.07. The van der Waals surface area contributed by atoms with Gasteiger partial charge in [-0.05, 0) is 38.5 Å². The van der Waals surface area contributed by atoms with Crippen LogP contribution in [0.5, 0.6) is 0 Å². The molecule has 9 nitrogen and oxygen atoms in total. The Morgan fingerprint density at radius 1 is 0.512 bits per heavy atom. The molecule has 2 fully saturated rings. The van der Waals surface area contributed by atoms with Crippen molar-refractivity contribution >= 4 is 11.8 Å². The first-order valence-corrected chi connectivity index (χ1v) is 16.8. The summed E-state index contributed by atoms with van der Waals surface area (Å²) >= 11 is 0. The molecule has 0 spiro atoms. The van der Waals surface area contributed by atoms with E-state index in [1.165, 1.54) is 64.2 Å². The van der Waals surface area contributed by atoms with Crippen molar-refractivity contribution < 1.29 is 28.5 Å². The second kappa shape index (κ2) is 26.4. The Labute approximate surface area is 249 Å². The predicted molar refractivity (Wildman–Crippen MR) is 163 cm³/mol. The summed E-state index contributed by atoms with van der Waals surface area (Å²) in [5.41, 5.74) is 0. The van der Waals surface area contributed by atoms with Gasteiger partial charge in [0.2, 0.25) is 11.8 Å². The molecule has 0 aliphatic heterocycles. The van der Waals surface area contributed by atoms with Crippen LogP contribution in [-0.4, -0.2) is 90.3 Å². The van der Waals surface area contributed by atoms with E-state index in [9.17, 15) is 9.59 Å². The summed E-state index contributed by atoms with van der Waals surface area (Å²) in [5, 5.41) is 9.65. The molecular formula is C32H61N3O6. The molecule has 9 heteroatoms. The maximum atomic E-state index is 12.3. The van der Waals surface area contributed by atoms with Gasteiger partial charge in [0, 0.05) is 38.0 Å². The quantitative estimate of drug-likeness (QED) is 0.102. The molecule has 2 saturated carbocycles. The fraction of sp³-hybridized carbons (Fsp3) is 0.938. The van der Waals surface area contributed by atoms with Gasteiger partial charge in [-0.1, -0.05) is 64.2 Å². The predicted octanol–water partition coefficient (Wildman–Crippen LogP) is 4.52. The van der Waals surface area contributed by atoms with Gasteiger partial charge in [-0.3, -0.25) is 9.59 Å². The number of nitrogens with one attached hydrogen (secondary N) is 3. The van der Waals surface area contributed by atoms with E-state index < -0.39 is 0 Å². The Kier molecular flexibility index (Phi) is 23.1. The highest BCUT2D eigenvalue weighted by molar-refractivity contribution is 5.78. The number of carbonyl (C=O) groups excluding carboxylic acids is 2. The number of hydrogen-bond donors (Lipinski definition) is 3. The highest BCUT2D eigenvalue weighted by Gasteiger charge is 2.19. The standard InChI is InChI=1S/C32H61N3O6/c36-31(34-18-11-5-1-2-6-12-19-35-32(37)29-13-7-3-4-8-14-29)17-21-38-23-25-40-27-28-41-26-24-39-22-20-33-30-15-9-10-16-30/h29-30,33H,1-28H2,(H,34,36)(H,35,37). The Morgan fingerprint density at radius 2 is 1.00 bits per heavy atom. The van der Waals surface area contributed by atoms with Gasteiger partial charge in [-0.2, -0.15) is 0 Å². The Morgan fingerprint density at radius 3 is 1.61 bits per heavy atom. The van der Waals surface area contributed by atoms with Crippen LogP contribution in [0.25, 0.3) is 0 Å². The maximum absolute atomic E-state index is 12.3. The SMILES string of the molecule is O=C(CCOCCOCCOCCOCCNC1CCCC1)NCCCCCCCCNC(=O)C1CCCCCC1. The van der Waals surface area contributed by atoms with E-state index in [1.807, 2.05) is 0 Å². The Hall–Kier alpha value is -1.26. The van der Waals surface area contributed by atoms with E-state index in [4.69, 9.17) is 18.9 Å². The van der Waals surface area contributed by atoms with Crippen LogP contribution in [0.1, 0.15) is 109 Å². The molecule has 0 aromatic rings. The molecule has 0 aromatic heterocycles. The van der Waals surface area contributed by atoms with Gasteiger partial charge >= 0.3 is 0 Å². The van der Waals surface area contributed by atoms with Gasteiger partial charge < -0.3 is 34.9 Å². The molecule has 0 heterocycles. The molecule has 2 aliphatic carbocycles. The van der Waals surface area contributed by atoms with E-state index >= 15 is 0 Å². The average molecular weight is 584 g/mol. The van der Waals surface area contributed by atoms with Crippen LogP contribution in [0.2, 0.25) is 0 Å². The van der Waals surface area contributed by atoms with Crippen molar-refractivity contribution in [1.82, 2.24) is 16.0 Å².